The monoisotopic (exact) mass is 313 g/mol. The fourth-order valence-corrected chi connectivity index (χ4v) is 3.61. The highest BCUT2D eigenvalue weighted by molar-refractivity contribution is 5.85. The molecule has 1 aromatic carbocycles. The molecule has 0 amide bonds. The van der Waals surface area contributed by atoms with Crippen LogP contribution in [0.25, 0.3) is 0 Å². The molecule has 0 spiro atoms. The van der Waals surface area contributed by atoms with Crippen LogP contribution in [0.2, 0.25) is 0 Å². The van der Waals surface area contributed by atoms with Crippen molar-refractivity contribution in [3.05, 3.63) is 23.3 Å². The van der Waals surface area contributed by atoms with E-state index in [1.165, 1.54) is 11.1 Å². The lowest BCUT2D eigenvalue weighted by Gasteiger charge is -2.44. The van der Waals surface area contributed by atoms with Crippen molar-refractivity contribution in [3.63, 3.8) is 0 Å². The zero-order chi connectivity index (χ0) is 14.1. The normalized spacial score (nSPS) is 24.5. The number of fused-ring (bicyclic) bond motifs is 3. The number of nitrogens with zero attached hydrogens (tertiary/aromatic N) is 1. The Morgan fingerprint density at radius 1 is 1.29 bits per heavy atom. The van der Waals surface area contributed by atoms with Gasteiger partial charge in [0, 0.05) is 18.2 Å². The van der Waals surface area contributed by atoms with Gasteiger partial charge in [0.25, 0.3) is 0 Å². The molecule has 0 aromatic heterocycles. The summed E-state index contributed by atoms with van der Waals surface area (Å²) in [4.78, 5) is 2.54. The molecule has 0 saturated carbocycles. The molecule has 0 radical (unpaired) electrons. The van der Waals surface area contributed by atoms with Crippen molar-refractivity contribution >= 4 is 12.4 Å². The van der Waals surface area contributed by atoms with Gasteiger partial charge in [0.15, 0.2) is 11.5 Å². The predicted molar refractivity (Wildman–Crippen MR) is 84.8 cm³/mol. The second-order valence-electron chi connectivity index (χ2n) is 5.39. The summed E-state index contributed by atoms with van der Waals surface area (Å²) in [5.41, 5.74) is 2.53. The first-order valence-electron chi connectivity index (χ1n) is 7.39. The van der Waals surface area contributed by atoms with Crippen LogP contribution in [-0.2, 0) is 11.2 Å². The summed E-state index contributed by atoms with van der Waals surface area (Å²) < 4.78 is 17.1. The van der Waals surface area contributed by atoms with Crippen LogP contribution in [0.1, 0.15) is 30.6 Å². The Morgan fingerprint density at radius 3 is 2.76 bits per heavy atom. The smallest absolute Gasteiger partial charge is 0.164 e. The van der Waals surface area contributed by atoms with E-state index in [4.69, 9.17) is 14.2 Å². The third-order valence-corrected chi connectivity index (χ3v) is 4.58. The number of rotatable bonds is 3. The molecule has 0 bridgehead atoms. The average Bonchev–Trinajstić information content (AvgIpc) is 2.52. The highest BCUT2D eigenvalue weighted by Crippen LogP contribution is 2.44. The van der Waals surface area contributed by atoms with Gasteiger partial charge in [-0.05, 0) is 31.0 Å². The van der Waals surface area contributed by atoms with Crippen LogP contribution in [0.4, 0.5) is 0 Å². The largest absolute Gasteiger partial charge is 0.493 e. The maximum Gasteiger partial charge on any atom is 0.164 e. The third kappa shape index (κ3) is 2.72. The lowest BCUT2D eigenvalue weighted by atomic mass is 9.83. The van der Waals surface area contributed by atoms with Gasteiger partial charge in [-0.3, -0.25) is 4.90 Å². The van der Waals surface area contributed by atoms with Crippen LogP contribution in [0.15, 0.2) is 12.1 Å². The molecular weight excluding hydrogens is 290 g/mol. The van der Waals surface area contributed by atoms with E-state index in [0.29, 0.717) is 6.04 Å². The lowest BCUT2D eigenvalue weighted by Crippen LogP contribution is -2.48. The Bertz CT molecular complexity index is 495. The van der Waals surface area contributed by atoms with E-state index in [2.05, 4.69) is 17.9 Å². The van der Waals surface area contributed by atoms with Crippen molar-refractivity contribution in [2.24, 2.45) is 0 Å². The van der Waals surface area contributed by atoms with Crippen LogP contribution in [-0.4, -0.2) is 44.9 Å². The molecule has 1 saturated heterocycles. The highest BCUT2D eigenvalue weighted by atomic mass is 35.5. The lowest BCUT2D eigenvalue weighted by molar-refractivity contribution is -0.0786. The minimum absolute atomic E-state index is 0. The maximum atomic E-state index is 6.08. The van der Waals surface area contributed by atoms with Crippen LogP contribution >= 0.6 is 12.4 Å². The molecule has 0 unspecified atom stereocenters. The number of halogens is 1. The van der Waals surface area contributed by atoms with E-state index in [1.54, 1.807) is 14.2 Å². The summed E-state index contributed by atoms with van der Waals surface area (Å²) in [6.07, 6.45) is 2.32. The Kier molecular flexibility index (Phi) is 5.36. The molecule has 1 aromatic rings. The summed E-state index contributed by atoms with van der Waals surface area (Å²) in [6.45, 7) is 5.17. The standard InChI is InChI=1S/C16H23NO3.ClH/c1-4-17-9-10-20-15-11-6-8-14(18-2)16(19-3)12(11)5-7-13(15)17;/h6,8,13,15H,4-5,7,9-10H2,1-3H3;1H/t13-,15-;/m1./s1. The van der Waals surface area contributed by atoms with Crippen molar-refractivity contribution in [1.29, 1.82) is 0 Å². The number of morpholine rings is 1. The van der Waals surface area contributed by atoms with Crippen molar-refractivity contribution in [2.45, 2.75) is 31.9 Å². The number of benzene rings is 1. The fourth-order valence-electron chi connectivity index (χ4n) is 3.61. The van der Waals surface area contributed by atoms with Gasteiger partial charge in [0.2, 0.25) is 0 Å². The number of hydrogen-bond donors (Lipinski definition) is 0. The SMILES string of the molecule is CCN1CCO[C@@H]2c3ccc(OC)c(OC)c3CC[C@H]21.Cl. The van der Waals surface area contributed by atoms with Gasteiger partial charge >= 0.3 is 0 Å². The molecule has 2 atom stereocenters. The quantitative estimate of drug-likeness (QED) is 0.858. The van der Waals surface area contributed by atoms with Crippen molar-refractivity contribution in [2.75, 3.05) is 33.9 Å². The van der Waals surface area contributed by atoms with Crippen molar-refractivity contribution in [3.8, 4) is 11.5 Å². The molecule has 21 heavy (non-hydrogen) atoms. The minimum atomic E-state index is 0. The molecule has 1 heterocycles. The average molecular weight is 314 g/mol. The van der Waals surface area contributed by atoms with Gasteiger partial charge < -0.3 is 14.2 Å². The first-order chi connectivity index (χ1) is 9.80. The first-order valence-corrected chi connectivity index (χ1v) is 7.39. The first kappa shape index (κ1) is 16.4. The van der Waals surface area contributed by atoms with E-state index in [-0.39, 0.29) is 18.5 Å². The molecule has 1 aliphatic carbocycles. The van der Waals surface area contributed by atoms with Crippen LogP contribution in [0.3, 0.4) is 0 Å². The van der Waals surface area contributed by atoms with E-state index >= 15 is 0 Å². The molecule has 4 nitrogen and oxygen atoms in total. The highest BCUT2D eigenvalue weighted by Gasteiger charge is 2.38. The van der Waals surface area contributed by atoms with E-state index in [9.17, 15) is 0 Å². The van der Waals surface area contributed by atoms with Crippen LogP contribution < -0.4 is 9.47 Å². The van der Waals surface area contributed by atoms with Crippen molar-refractivity contribution in [1.82, 2.24) is 4.90 Å². The Labute approximate surface area is 132 Å². The summed E-state index contributed by atoms with van der Waals surface area (Å²) in [5.74, 6) is 1.69. The summed E-state index contributed by atoms with van der Waals surface area (Å²) in [5, 5.41) is 0. The predicted octanol–water partition coefficient (Wildman–Crippen LogP) is 2.83. The number of methoxy groups -OCH3 is 2. The Morgan fingerprint density at radius 2 is 2.10 bits per heavy atom. The molecule has 3 rings (SSSR count). The van der Waals surface area contributed by atoms with Gasteiger partial charge in [-0.1, -0.05) is 13.0 Å². The van der Waals surface area contributed by atoms with Crippen LogP contribution in [0, 0.1) is 0 Å². The zero-order valence-electron chi connectivity index (χ0n) is 12.9. The molecule has 5 heteroatoms. The third-order valence-electron chi connectivity index (χ3n) is 4.58. The maximum absolute atomic E-state index is 6.08. The topological polar surface area (TPSA) is 30.9 Å². The van der Waals surface area contributed by atoms with Gasteiger partial charge in [-0.25, -0.2) is 0 Å². The molecule has 2 aliphatic rings. The number of ether oxygens (including phenoxy) is 3. The van der Waals surface area contributed by atoms with E-state index < -0.39 is 0 Å². The summed E-state index contributed by atoms with van der Waals surface area (Å²) in [6, 6.07) is 4.64. The summed E-state index contributed by atoms with van der Waals surface area (Å²) in [7, 11) is 3.40. The fraction of sp³-hybridized carbons (Fsp3) is 0.625. The number of likely N-dealkylation sites (N-methyl/N-ethyl adjacent to an activating group) is 1. The van der Waals surface area contributed by atoms with Gasteiger partial charge in [-0.2, -0.15) is 0 Å². The van der Waals surface area contributed by atoms with E-state index in [1.807, 2.05) is 6.07 Å². The van der Waals surface area contributed by atoms with E-state index in [0.717, 1.165) is 44.0 Å². The number of hydrogen-bond acceptors (Lipinski definition) is 4. The summed E-state index contributed by atoms with van der Waals surface area (Å²) >= 11 is 0. The molecule has 1 fully saturated rings. The zero-order valence-corrected chi connectivity index (χ0v) is 13.7. The molecular formula is C16H24ClNO3. The second kappa shape index (κ2) is 6.86. The minimum Gasteiger partial charge on any atom is -0.493 e. The second-order valence-corrected chi connectivity index (χ2v) is 5.39. The molecule has 1 aliphatic heterocycles. The molecule has 118 valence electrons. The Hall–Kier alpha value is -0.970. The van der Waals surface area contributed by atoms with Gasteiger partial charge in [-0.15, -0.1) is 12.4 Å². The van der Waals surface area contributed by atoms with Crippen molar-refractivity contribution < 1.29 is 14.2 Å². The molecule has 0 N–H and O–H groups in total. The Balaban J connectivity index is 0.00000161. The van der Waals surface area contributed by atoms with Gasteiger partial charge in [0.05, 0.1) is 26.9 Å². The van der Waals surface area contributed by atoms with Crippen LogP contribution in [0.5, 0.6) is 11.5 Å². The van der Waals surface area contributed by atoms with Gasteiger partial charge in [0.1, 0.15) is 0 Å².